The summed E-state index contributed by atoms with van der Waals surface area (Å²) >= 11 is 32.8. The van der Waals surface area contributed by atoms with Gasteiger partial charge in [0.25, 0.3) is 21.5 Å². The molecule has 0 aliphatic heterocycles. The van der Waals surface area contributed by atoms with Crippen LogP contribution < -0.4 is 9.47 Å². The molecule has 0 fully saturated rings. The summed E-state index contributed by atoms with van der Waals surface area (Å²) in [5.74, 6) is 1.73. The van der Waals surface area contributed by atoms with Crippen molar-refractivity contribution in [3.05, 3.63) is 77.9 Å². The van der Waals surface area contributed by atoms with Crippen molar-refractivity contribution in [3.63, 3.8) is 0 Å². The molecule has 0 atom stereocenters. The molecule has 0 saturated heterocycles. The highest BCUT2D eigenvalue weighted by molar-refractivity contribution is 7.71. The van der Waals surface area contributed by atoms with Crippen LogP contribution >= 0.6 is 70.8 Å². The van der Waals surface area contributed by atoms with Gasteiger partial charge in [-0.3, -0.25) is 0 Å². The van der Waals surface area contributed by atoms with E-state index in [9.17, 15) is 0 Å². The van der Waals surface area contributed by atoms with E-state index in [1.807, 2.05) is 0 Å². The number of aromatic amines is 2. The molecule has 0 aliphatic carbocycles. The summed E-state index contributed by atoms with van der Waals surface area (Å²) in [6.07, 6.45) is 0. The third kappa shape index (κ3) is 7.51. The van der Waals surface area contributed by atoms with Gasteiger partial charge in [-0.1, -0.05) is 46.4 Å². The second-order valence-electron chi connectivity index (χ2n) is 5.74. The number of nitrogens with one attached hydrogen (secondary N) is 2. The van der Waals surface area contributed by atoms with Crippen LogP contribution in [0.2, 0.25) is 20.1 Å². The predicted octanol–water partition coefficient (Wildman–Crippen LogP) is 7.24. The van der Waals surface area contributed by atoms with E-state index in [2.05, 4.69) is 20.4 Å². The van der Waals surface area contributed by atoms with Crippen LogP contribution in [0.1, 0.15) is 11.8 Å². The zero-order valence-corrected chi connectivity index (χ0v) is 20.4. The number of nitrogens with zero attached hydrogens (tertiary/aromatic N) is 2. The van der Waals surface area contributed by atoms with Crippen molar-refractivity contribution in [2.24, 2.45) is 0 Å². The summed E-state index contributed by atoms with van der Waals surface area (Å²) in [5.41, 5.74) is 0. The van der Waals surface area contributed by atoms with E-state index in [0.29, 0.717) is 43.4 Å². The molecule has 0 radical (unpaired) electrons. The molecule has 0 saturated carbocycles. The van der Waals surface area contributed by atoms with Crippen LogP contribution in [0.3, 0.4) is 0 Å². The maximum atomic E-state index is 5.91. The lowest BCUT2D eigenvalue weighted by molar-refractivity contribution is 0.261. The van der Waals surface area contributed by atoms with Gasteiger partial charge in [0.05, 0.1) is 10.0 Å². The molecule has 32 heavy (non-hydrogen) atoms. The average molecular weight is 554 g/mol. The Morgan fingerprint density at radius 3 is 1.44 bits per heavy atom. The Morgan fingerprint density at radius 2 is 1.12 bits per heavy atom. The molecule has 0 amide bonds. The number of benzene rings is 2. The number of ether oxygens (including phenoxy) is 2. The monoisotopic (exact) mass is 552 g/mol. The van der Waals surface area contributed by atoms with Gasteiger partial charge in [-0.15, -0.1) is 10.2 Å². The number of hydrogen-bond acceptors (Lipinski definition) is 8. The summed E-state index contributed by atoms with van der Waals surface area (Å²) in [4.78, 5) is 0.418. The molecule has 2 aromatic carbocycles. The van der Waals surface area contributed by atoms with Crippen LogP contribution in [0, 0.1) is 9.67 Å². The maximum Gasteiger partial charge on any atom is 0.284 e. The Labute approximate surface area is 211 Å². The third-order valence-electron chi connectivity index (χ3n) is 3.45. The van der Waals surface area contributed by atoms with E-state index in [4.69, 9.17) is 89.1 Å². The minimum Gasteiger partial charge on any atom is -0.482 e. The number of aromatic nitrogens is 4. The van der Waals surface area contributed by atoms with Gasteiger partial charge in [-0.05, 0) is 60.8 Å². The Bertz CT molecular complexity index is 1200. The molecule has 2 heterocycles. The van der Waals surface area contributed by atoms with Crippen molar-refractivity contribution < 1.29 is 18.3 Å². The van der Waals surface area contributed by atoms with Crippen molar-refractivity contribution in [1.82, 2.24) is 20.4 Å². The highest BCUT2D eigenvalue weighted by Crippen LogP contribution is 2.28. The van der Waals surface area contributed by atoms with E-state index in [1.54, 1.807) is 36.4 Å². The fraction of sp³-hybridized carbons (Fsp3) is 0.111. The topological polar surface area (TPSA) is 102 Å². The summed E-state index contributed by atoms with van der Waals surface area (Å²) in [6.45, 7) is 0.295. The van der Waals surface area contributed by atoms with Crippen LogP contribution in [0.4, 0.5) is 0 Å². The summed E-state index contributed by atoms with van der Waals surface area (Å²) < 4.78 is 20.8. The Kier molecular flexibility index (Phi) is 8.97. The van der Waals surface area contributed by atoms with Crippen LogP contribution in [0.25, 0.3) is 0 Å². The average Bonchev–Trinajstić information content (AvgIpc) is 3.35. The van der Waals surface area contributed by atoms with Gasteiger partial charge in [0.1, 0.15) is 11.5 Å². The van der Waals surface area contributed by atoms with Gasteiger partial charge in [-0.25, -0.2) is 10.2 Å². The van der Waals surface area contributed by atoms with Crippen LogP contribution in [-0.2, 0) is 13.2 Å². The lowest BCUT2D eigenvalue weighted by atomic mass is 10.3. The molecular formula is C18H12Cl4N4O4S2. The Hall–Kier alpha value is -2.08. The molecular weight excluding hydrogens is 542 g/mol. The standard InChI is InChI=1S/2C9H6Cl2N2O2S/c2*10-5-1-2-7(6(11)3-5)14-4-8-12-13-9(16)15-8/h2*1-3H,4H2,(H,13,16). The van der Waals surface area contributed by atoms with E-state index >= 15 is 0 Å². The molecule has 168 valence electrons. The van der Waals surface area contributed by atoms with Gasteiger partial charge in [0.15, 0.2) is 13.2 Å². The zero-order chi connectivity index (χ0) is 23.1. The minimum atomic E-state index is 0.147. The number of halogens is 4. The second kappa shape index (κ2) is 11.7. The van der Waals surface area contributed by atoms with E-state index in [1.165, 1.54) is 0 Å². The normalized spacial score (nSPS) is 10.4. The summed E-state index contributed by atoms with van der Waals surface area (Å²) in [6, 6.07) is 9.90. The molecule has 0 bridgehead atoms. The molecule has 0 aliphatic rings. The Morgan fingerprint density at radius 1 is 0.719 bits per heavy atom. The predicted molar refractivity (Wildman–Crippen MR) is 125 cm³/mol. The number of H-pyrrole nitrogens is 2. The smallest absolute Gasteiger partial charge is 0.284 e. The molecule has 2 N–H and O–H groups in total. The van der Waals surface area contributed by atoms with Gasteiger partial charge in [0.2, 0.25) is 0 Å². The van der Waals surface area contributed by atoms with Gasteiger partial charge in [-0.2, -0.15) is 0 Å². The van der Waals surface area contributed by atoms with Gasteiger partial charge < -0.3 is 18.3 Å². The van der Waals surface area contributed by atoms with Crippen molar-refractivity contribution in [3.8, 4) is 11.5 Å². The highest BCUT2D eigenvalue weighted by Gasteiger charge is 2.06. The van der Waals surface area contributed by atoms with Crippen molar-refractivity contribution in [1.29, 1.82) is 0 Å². The maximum absolute atomic E-state index is 5.91. The summed E-state index contributed by atoms with van der Waals surface area (Å²) in [7, 11) is 0. The largest absolute Gasteiger partial charge is 0.482 e. The first-order valence-electron chi connectivity index (χ1n) is 8.54. The fourth-order valence-electron chi connectivity index (χ4n) is 2.11. The molecule has 0 spiro atoms. The van der Waals surface area contributed by atoms with Crippen LogP contribution in [0.5, 0.6) is 11.5 Å². The Balaban J connectivity index is 0.000000181. The molecule has 14 heteroatoms. The minimum absolute atomic E-state index is 0.147. The van der Waals surface area contributed by atoms with Gasteiger partial charge >= 0.3 is 0 Å². The molecule has 8 nitrogen and oxygen atoms in total. The quantitative estimate of drug-likeness (QED) is 0.241. The SMILES string of the molecule is S=c1[nH]nc(COc2ccc(Cl)cc2Cl)o1.S=c1[nH]nc(COc2ccc(Cl)cc2Cl)o1. The summed E-state index contributed by atoms with van der Waals surface area (Å²) in [5, 5.41) is 14.5. The number of rotatable bonds is 6. The van der Waals surface area contributed by atoms with Crippen molar-refractivity contribution in [2.45, 2.75) is 13.2 Å². The molecule has 4 aromatic rings. The molecule has 4 rings (SSSR count). The van der Waals surface area contributed by atoms with Crippen LogP contribution in [0.15, 0.2) is 45.2 Å². The van der Waals surface area contributed by atoms with Crippen molar-refractivity contribution >= 4 is 70.8 Å². The second-order valence-corrected chi connectivity index (χ2v) is 8.17. The third-order valence-corrected chi connectivity index (χ3v) is 4.87. The molecule has 0 unspecified atom stereocenters. The van der Waals surface area contributed by atoms with Crippen LogP contribution in [-0.4, -0.2) is 20.4 Å². The van der Waals surface area contributed by atoms with E-state index < -0.39 is 0 Å². The fourth-order valence-corrected chi connectivity index (χ4v) is 3.32. The first kappa shape index (κ1) is 24.6. The number of hydrogen-bond donors (Lipinski definition) is 2. The molecule has 2 aromatic heterocycles. The highest BCUT2D eigenvalue weighted by atomic mass is 35.5. The van der Waals surface area contributed by atoms with Gasteiger partial charge in [0, 0.05) is 10.0 Å². The zero-order valence-electron chi connectivity index (χ0n) is 15.7. The lowest BCUT2D eigenvalue weighted by Crippen LogP contribution is -1.96. The first-order chi connectivity index (χ1) is 15.3. The van der Waals surface area contributed by atoms with E-state index in [-0.39, 0.29) is 22.9 Å². The van der Waals surface area contributed by atoms with E-state index in [0.717, 1.165) is 0 Å². The van der Waals surface area contributed by atoms with Crippen molar-refractivity contribution in [2.75, 3.05) is 0 Å². The lowest BCUT2D eigenvalue weighted by Gasteiger charge is -2.05. The first-order valence-corrected chi connectivity index (χ1v) is 10.9.